The normalized spacial score (nSPS) is 14.6. The first kappa shape index (κ1) is 11.0. The minimum atomic E-state index is -0.765. The van der Waals surface area contributed by atoms with Crippen LogP contribution in [0.2, 0.25) is 0 Å². The van der Waals surface area contributed by atoms with E-state index in [1.54, 1.807) is 6.26 Å². The first-order chi connectivity index (χ1) is 7.66. The van der Waals surface area contributed by atoms with Gasteiger partial charge in [0.05, 0.1) is 11.9 Å². The van der Waals surface area contributed by atoms with E-state index in [0.717, 1.165) is 11.3 Å². The summed E-state index contributed by atoms with van der Waals surface area (Å²) < 4.78 is 5.25. The van der Waals surface area contributed by atoms with Gasteiger partial charge in [0.15, 0.2) is 0 Å². The molecule has 0 bridgehead atoms. The number of aliphatic hydroxyl groups is 1. The van der Waals surface area contributed by atoms with Gasteiger partial charge in [0.25, 0.3) is 0 Å². The first-order valence-corrected chi connectivity index (χ1v) is 5.44. The number of benzene rings is 1. The van der Waals surface area contributed by atoms with Crippen LogP contribution in [0.4, 0.5) is 0 Å². The van der Waals surface area contributed by atoms with Crippen LogP contribution >= 0.6 is 0 Å². The lowest BCUT2D eigenvalue weighted by atomic mass is 9.92. The van der Waals surface area contributed by atoms with E-state index in [9.17, 15) is 5.11 Å². The lowest BCUT2D eigenvalue weighted by Gasteiger charge is -2.22. The highest BCUT2D eigenvalue weighted by Crippen LogP contribution is 2.18. The maximum absolute atomic E-state index is 10.3. The van der Waals surface area contributed by atoms with E-state index in [2.05, 4.69) is 0 Å². The molecule has 0 aliphatic heterocycles. The highest BCUT2D eigenvalue weighted by molar-refractivity contribution is 5.17. The number of rotatable bonds is 4. The van der Waals surface area contributed by atoms with E-state index in [0.29, 0.717) is 12.8 Å². The largest absolute Gasteiger partial charge is 0.469 e. The third-order valence-corrected chi connectivity index (χ3v) is 2.56. The van der Waals surface area contributed by atoms with Gasteiger partial charge in [-0.1, -0.05) is 30.3 Å². The summed E-state index contributed by atoms with van der Waals surface area (Å²) in [6.07, 6.45) is 2.80. The van der Waals surface area contributed by atoms with E-state index in [1.165, 1.54) is 0 Å². The van der Waals surface area contributed by atoms with Gasteiger partial charge in [0.1, 0.15) is 5.76 Å². The molecule has 0 saturated carbocycles. The van der Waals surface area contributed by atoms with Crippen molar-refractivity contribution < 1.29 is 9.52 Å². The molecular formula is C14H16O2. The van der Waals surface area contributed by atoms with Crippen LogP contribution in [0.5, 0.6) is 0 Å². The Hall–Kier alpha value is -1.54. The summed E-state index contributed by atoms with van der Waals surface area (Å²) in [6, 6.07) is 13.7. The maximum atomic E-state index is 10.3. The van der Waals surface area contributed by atoms with Gasteiger partial charge in [-0.25, -0.2) is 0 Å². The van der Waals surface area contributed by atoms with Crippen molar-refractivity contribution in [2.75, 3.05) is 0 Å². The topological polar surface area (TPSA) is 33.4 Å². The Morgan fingerprint density at radius 2 is 1.81 bits per heavy atom. The molecule has 0 aliphatic carbocycles. The van der Waals surface area contributed by atoms with E-state index < -0.39 is 5.60 Å². The summed E-state index contributed by atoms with van der Waals surface area (Å²) in [5, 5.41) is 10.3. The SMILES string of the molecule is CC(O)(Cc1ccccc1)Cc1ccco1. The van der Waals surface area contributed by atoms with Crippen molar-refractivity contribution in [3.63, 3.8) is 0 Å². The molecule has 0 fully saturated rings. The second-order valence-electron chi connectivity index (χ2n) is 4.42. The van der Waals surface area contributed by atoms with Crippen LogP contribution in [0, 0.1) is 0 Å². The molecule has 1 unspecified atom stereocenters. The molecule has 0 spiro atoms. The Morgan fingerprint density at radius 1 is 1.06 bits per heavy atom. The van der Waals surface area contributed by atoms with Crippen molar-refractivity contribution >= 4 is 0 Å². The summed E-state index contributed by atoms with van der Waals surface area (Å²) in [6.45, 7) is 1.84. The fourth-order valence-corrected chi connectivity index (χ4v) is 1.89. The van der Waals surface area contributed by atoms with Gasteiger partial charge in [0.2, 0.25) is 0 Å². The van der Waals surface area contributed by atoms with Gasteiger partial charge in [0, 0.05) is 12.8 Å². The van der Waals surface area contributed by atoms with Crippen LogP contribution in [0.25, 0.3) is 0 Å². The molecule has 1 aromatic carbocycles. The standard InChI is InChI=1S/C14H16O2/c1-14(15,11-13-8-5-9-16-13)10-12-6-3-2-4-7-12/h2-9,15H,10-11H2,1H3. The highest BCUT2D eigenvalue weighted by atomic mass is 16.3. The van der Waals surface area contributed by atoms with Crippen LogP contribution < -0.4 is 0 Å². The molecule has 0 aliphatic rings. The molecule has 2 aromatic rings. The Bertz CT molecular complexity index is 415. The average molecular weight is 216 g/mol. The second kappa shape index (κ2) is 4.54. The van der Waals surface area contributed by atoms with Gasteiger partial charge in [-0.05, 0) is 24.6 Å². The predicted molar refractivity (Wildman–Crippen MR) is 63.2 cm³/mol. The third kappa shape index (κ3) is 2.97. The molecule has 16 heavy (non-hydrogen) atoms. The second-order valence-corrected chi connectivity index (χ2v) is 4.42. The zero-order valence-corrected chi connectivity index (χ0v) is 9.39. The van der Waals surface area contributed by atoms with E-state index in [1.807, 2.05) is 49.4 Å². The van der Waals surface area contributed by atoms with Crippen LogP contribution in [0.15, 0.2) is 53.1 Å². The number of hydrogen-bond acceptors (Lipinski definition) is 2. The quantitative estimate of drug-likeness (QED) is 0.852. The average Bonchev–Trinajstić information content (AvgIpc) is 2.70. The zero-order chi connectivity index (χ0) is 11.4. The fraction of sp³-hybridized carbons (Fsp3) is 0.286. The predicted octanol–water partition coefficient (Wildman–Crippen LogP) is 2.82. The monoisotopic (exact) mass is 216 g/mol. The molecule has 0 radical (unpaired) electrons. The Kier molecular flexibility index (Phi) is 3.11. The van der Waals surface area contributed by atoms with Crippen LogP contribution in [-0.2, 0) is 12.8 Å². The summed E-state index contributed by atoms with van der Waals surface area (Å²) >= 11 is 0. The number of furan rings is 1. The molecule has 1 aromatic heterocycles. The van der Waals surface area contributed by atoms with Crippen molar-refractivity contribution in [1.29, 1.82) is 0 Å². The molecular weight excluding hydrogens is 200 g/mol. The van der Waals surface area contributed by atoms with Crippen LogP contribution in [-0.4, -0.2) is 10.7 Å². The van der Waals surface area contributed by atoms with Gasteiger partial charge < -0.3 is 9.52 Å². The lowest BCUT2D eigenvalue weighted by molar-refractivity contribution is 0.0555. The van der Waals surface area contributed by atoms with Gasteiger partial charge in [-0.2, -0.15) is 0 Å². The van der Waals surface area contributed by atoms with Crippen molar-refractivity contribution in [3.8, 4) is 0 Å². The molecule has 1 N–H and O–H groups in total. The van der Waals surface area contributed by atoms with Crippen molar-refractivity contribution in [1.82, 2.24) is 0 Å². The van der Waals surface area contributed by atoms with Crippen molar-refractivity contribution in [3.05, 3.63) is 60.1 Å². The van der Waals surface area contributed by atoms with Crippen molar-refractivity contribution in [2.45, 2.75) is 25.4 Å². The van der Waals surface area contributed by atoms with Crippen LogP contribution in [0.3, 0.4) is 0 Å². The molecule has 2 nitrogen and oxygen atoms in total. The van der Waals surface area contributed by atoms with Gasteiger partial charge >= 0.3 is 0 Å². The summed E-state index contributed by atoms with van der Waals surface area (Å²) in [5.41, 5.74) is 0.373. The summed E-state index contributed by atoms with van der Waals surface area (Å²) in [4.78, 5) is 0. The first-order valence-electron chi connectivity index (χ1n) is 5.44. The summed E-state index contributed by atoms with van der Waals surface area (Å²) in [7, 11) is 0. The van der Waals surface area contributed by atoms with Crippen LogP contribution in [0.1, 0.15) is 18.2 Å². The van der Waals surface area contributed by atoms with E-state index >= 15 is 0 Å². The molecule has 1 heterocycles. The van der Waals surface area contributed by atoms with E-state index in [4.69, 9.17) is 4.42 Å². The third-order valence-electron chi connectivity index (χ3n) is 2.56. The molecule has 84 valence electrons. The minimum Gasteiger partial charge on any atom is -0.469 e. The molecule has 2 rings (SSSR count). The Labute approximate surface area is 95.5 Å². The lowest BCUT2D eigenvalue weighted by Crippen LogP contribution is -2.29. The zero-order valence-electron chi connectivity index (χ0n) is 9.39. The molecule has 2 heteroatoms. The minimum absolute atomic E-state index is 0.537. The molecule has 0 saturated heterocycles. The van der Waals surface area contributed by atoms with Gasteiger partial charge in [-0.15, -0.1) is 0 Å². The molecule has 0 amide bonds. The Morgan fingerprint density at radius 3 is 2.44 bits per heavy atom. The van der Waals surface area contributed by atoms with Gasteiger partial charge in [-0.3, -0.25) is 0 Å². The van der Waals surface area contributed by atoms with Crippen molar-refractivity contribution in [2.24, 2.45) is 0 Å². The summed E-state index contributed by atoms with van der Waals surface area (Å²) in [5.74, 6) is 0.820. The van der Waals surface area contributed by atoms with E-state index in [-0.39, 0.29) is 0 Å². The maximum Gasteiger partial charge on any atom is 0.106 e. The molecule has 1 atom stereocenters. The fourth-order valence-electron chi connectivity index (χ4n) is 1.89. The smallest absolute Gasteiger partial charge is 0.106 e. The Balaban J connectivity index is 2.03. The number of hydrogen-bond donors (Lipinski definition) is 1. The highest BCUT2D eigenvalue weighted by Gasteiger charge is 2.22.